The Hall–Kier alpha value is -0.830. The topological polar surface area (TPSA) is 35.8 Å². The lowest BCUT2D eigenvalue weighted by Gasteiger charge is -2.23. The van der Waals surface area contributed by atoms with Gasteiger partial charge in [-0.15, -0.1) is 0 Å². The number of aliphatic hydroxyl groups excluding tert-OH is 1. The molecule has 0 radical (unpaired) electrons. The van der Waals surface area contributed by atoms with Crippen LogP contribution in [0.5, 0.6) is 0 Å². The van der Waals surface area contributed by atoms with Crippen LogP contribution in [0, 0.1) is 0 Å². The molecule has 1 aliphatic rings. The van der Waals surface area contributed by atoms with Gasteiger partial charge in [-0.05, 0) is 32.6 Å². The zero-order chi connectivity index (χ0) is 18.9. The average molecular weight is 365 g/mol. The molecule has 1 heterocycles. The van der Waals surface area contributed by atoms with Crippen LogP contribution in [0.1, 0.15) is 110 Å². The van der Waals surface area contributed by atoms with E-state index in [2.05, 4.69) is 24.1 Å². The Bertz CT molecular complexity index is 376. The predicted octanol–water partition coefficient (Wildman–Crippen LogP) is 6.47. The molecule has 0 amide bonds. The van der Waals surface area contributed by atoms with Crippen molar-refractivity contribution in [2.45, 2.75) is 116 Å². The first kappa shape index (κ1) is 23.2. The number of rotatable bonds is 17. The Morgan fingerprint density at radius 2 is 1.42 bits per heavy atom. The van der Waals surface area contributed by atoms with Gasteiger partial charge in [0.2, 0.25) is 0 Å². The molecule has 26 heavy (non-hydrogen) atoms. The first-order valence-electron chi connectivity index (χ1n) is 11.4. The molecule has 0 bridgehead atoms. The summed E-state index contributed by atoms with van der Waals surface area (Å²) in [5, 5.41) is 9.70. The van der Waals surface area contributed by atoms with Crippen LogP contribution in [0.15, 0.2) is 17.1 Å². The molecule has 0 saturated carbocycles. The van der Waals surface area contributed by atoms with Crippen LogP contribution in [-0.2, 0) is 0 Å². The van der Waals surface area contributed by atoms with E-state index in [-0.39, 0.29) is 6.23 Å². The fourth-order valence-corrected chi connectivity index (χ4v) is 3.73. The van der Waals surface area contributed by atoms with Crippen molar-refractivity contribution in [1.82, 2.24) is 4.90 Å². The number of hydrogen-bond acceptors (Lipinski definition) is 3. The maximum Gasteiger partial charge on any atom is 0.125 e. The number of amidine groups is 1. The van der Waals surface area contributed by atoms with Crippen LogP contribution in [0.25, 0.3) is 0 Å². The lowest BCUT2D eigenvalue weighted by atomic mass is 10.0. The van der Waals surface area contributed by atoms with Gasteiger partial charge >= 0.3 is 0 Å². The minimum absolute atomic E-state index is 0.380. The number of aliphatic imine (C=N–C) groups is 1. The second-order valence-corrected chi connectivity index (χ2v) is 7.78. The molecule has 1 unspecified atom stereocenters. The van der Waals surface area contributed by atoms with E-state index >= 15 is 0 Å². The SMILES string of the molecule is CC/C=C/CCCCCCCCCCCCCCC1=NCCN1C(C)O. The Kier molecular flexibility index (Phi) is 14.6. The Morgan fingerprint density at radius 3 is 1.96 bits per heavy atom. The van der Waals surface area contributed by atoms with Crippen molar-refractivity contribution in [2.24, 2.45) is 4.99 Å². The van der Waals surface area contributed by atoms with Crippen molar-refractivity contribution < 1.29 is 5.11 Å². The first-order valence-corrected chi connectivity index (χ1v) is 11.4. The zero-order valence-corrected chi connectivity index (χ0v) is 17.6. The van der Waals surface area contributed by atoms with Crippen molar-refractivity contribution in [3.63, 3.8) is 0 Å². The molecule has 0 aromatic rings. The third kappa shape index (κ3) is 11.7. The molecule has 1 aliphatic heterocycles. The van der Waals surface area contributed by atoms with Gasteiger partial charge in [-0.25, -0.2) is 0 Å². The fraction of sp³-hybridized carbons (Fsp3) is 0.870. The molecule has 0 fully saturated rings. The molecular weight excluding hydrogens is 320 g/mol. The van der Waals surface area contributed by atoms with Crippen molar-refractivity contribution in [1.29, 1.82) is 0 Å². The van der Waals surface area contributed by atoms with Gasteiger partial charge in [0.05, 0.1) is 6.54 Å². The highest BCUT2D eigenvalue weighted by molar-refractivity contribution is 5.83. The molecule has 0 aliphatic carbocycles. The Labute approximate surface area is 163 Å². The lowest BCUT2D eigenvalue weighted by molar-refractivity contribution is 0.0766. The second-order valence-electron chi connectivity index (χ2n) is 7.78. The summed E-state index contributed by atoms with van der Waals surface area (Å²) >= 11 is 0. The van der Waals surface area contributed by atoms with Gasteiger partial charge in [0, 0.05) is 13.0 Å². The Balaban J connectivity index is 1.78. The summed E-state index contributed by atoms with van der Waals surface area (Å²) < 4.78 is 0. The smallest absolute Gasteiger partial charge is 0.125 e. The van der Waals surface area contributed by atoms with Gasteiger partial charge in [0.15, 0.2) is 0 Å². The summed E-state index contributed by atoms with van der Waals surface area (Å²) in [5.41, 5.74) is 0. The molecule has 1 atom stereocenters. The van der Waals surface area contributed by atoms with Crippen LogP contribution < -0.4 is 0 Å². The van der Waals surface area contributed by atoms with E-state index in [1.54, 1.807) is 0 Å². The van der Waals surface area contributed by atoms with Crippen LogP contribution in [0.4, 0.5) is 0 Å². The monoisotopic (exact) mass is 364 g/mol. The molecule has 3 heteroatoms. The maximum atomic E-state index is 9.70. The van der Waals surface area contributed by atoms with Crippen molar-refractivity contribution in [2.75, 3.05) is 13.1 Å². The highest BCUT2D eigenvalue weighted by Gasteiger charge is 2.19. The quantitative estimate of drug-likeness (QED) is 0.237. The molecular formula is C23H44N2O. The van der Waals surface area contributed by atoms with E-state index in [1.165, 1.54) is 89.9 Å². The molecule has 3 nitrogen and oxygen atoms in total. The summed E-state index contributed by atoms with van der Waals surface area (Å²) in [6, 6.07) is 0. The van der Waals surface area contributed by atoms with E-state index in [1.807, 2.05) is 11.8 Å². The van der Waals surface area contributed by atoms with E-state index in [4.69, 9.17) is 0 Å². The standard InChI is InChI=1S/C23H44N2O/c1-3-4-5-6-7-8-9-10-11-12-13-14-15-16-17-18-19-23-24-20-21-25(23)22(2)26/h4-5,22,26H,3,6-21H2,1-2H3/b5-4+. The first-order chi connectivity index (χ1) is 12.8. The molecule has 0 spiro atoms. The number of unbranched alkanes of at least 4 members (excludes halogenated alkanes) is 12. The largest absolute Gasteiger partial charge is 0.374 e. The number of aliphatic hydroxyl groups is 1. The fourth-order valence-electron chi connectivity index (χ4n) is 3.73. The minimum Gasteiger partial charge on any atom is -0.374 e. The predicted molar refractivity (Wildman–Crippen MR) is 115 cm³/mol. The van der Waals surface area contributed by atoms with Gasteiger partial charge in [-0.1, -0.05) is 83.3 Å². The highest BCUT2D eigenvalue weighted by atomic mass is 16.3. The molecule has 0 aromatic heterocycles. The third-order valence-electron chi connectivity index (χ3n) is 5.34. The number of allylic oxidation sites excluding steroid dienone is 2. The zero-order valence-electron chi connectivity index (χ0n) is 17.6. The Morgan fingerprint density at radius 1 is 0.885 bits per heavy atom. The van der Waals surface area contributed by atoms with Gasteiger partial charge in [-0.3, -0.25) is 4.99 Å². The van der Waals surface area contributed by atoms with Crippen LogP contribution in [-0.4, -0.2) is 35.2 Å². The molecule has 1 N–H and O–H groups in total. The van der Waals surface area contributed by atoms with Crippen LogP contribution in [0.2, 0.25) is 0 Å². The van der Waals surface area contributed by atoms with Crippen molar-refractivity contribution in [3.8, 4) is 0 Å². The van der Waals surface area contributed by atoms with E-state index in [9.17, 15) is 5.11 Å². The summed E-state index contributed by atoms with van der Waals surface area (Å²) in [6.07, 6.45) is 24.3. The van der Waals surface area contributed by atoms with Gasteiger partial charge in [-0.2, -0.15) is 0 Å². The lowest BCUT2D eigenvalue weighted by Crippen LogP contribution is -2.35. The molecule has 0 saturated heterocycles. The van der Waals surface area contributed by atoms with Crippen LogP contribution >= 0.6 is 0 Å². The summed E-state index contributed by atoms with van der Waals surface area (Å²) in [5.74, 6) is 1.13. The highest BCUT2D eigenvalue weighted by Crippen LogP contribution is 2.15. The van der Waals surface area contributed by atoms with E-state index in [0.717, 1.165) is 25.3 Å². The molecule has 0 aromatic carbocycles. The van der Waals surface area contributed by atoms with Crippen LogP contribution in [0.3, 0.4) is 0 Å². The van der Waals surface area contributed by atoms with Crippen molar-refractivity contribution in [3.05, 3.63) is 12.2 Å². The third-order valence-corrected chi connectivity index (χ3v) is 5.34. The maximum absolute atomic E-state index is 9.70. The van der Waals surface area contributed by atoms with Gasteiger partial charge in [0.1, 0.15) is 12.1 Å². The van der Waals surface area contributed by atoms with Gasteiger partial charge < -0.3 is 10.0 Å². The average Bonchev–Trinajstić information content (AvgIpc) is 3.10. The molecule has 152 valence electrons. The minimum atomic E-state index is -0.380. The van der Waals surface area contributed by atoms with E-state index in [0.29, 0.717) is 0 Å². The summed E-state index contributed by atoms with van der Waals surface area (Å²) in [7, 11) is 0. The number of nitrogens with zero attached hydrogens (tertiary/aromatic N) is 2. The van der Waals surface area contributed by atoms with E-state index < -0.39 is 0 Å². The number of hydrogen-bond donors (Lipinski definition) is 1. The second kappa shape index (κ2) is 16.4. The van der Waals surface area contributed by atoms with Crippen molar-refractivity contribution >= 4 is 5.84 Å². The summed E-state index contributed by atoms with van der Waals surface area (Å²) in [4.78, 5) is 6.57. The normalized spacial score (nSPS) is 15.8. The summed E-state index contributed by atoms with van der Waals surface area (Å²) in [6.45, 7) is 5.79. The van der Waals surface area contributed by atoms with Gasteiger partial charge in [0.25, 0.3) is 0 Å². The molecule has 1 rings (SSSR count).